The Morgan fingerprint density at radius 3 is 2.94 bits per heavy atom. The second-order valence-corrected chi connectivity index (χ2v) is 4.42. The largest absolute Gasteiger partial charge is 0.314 e. The van der Waals surface area contributed by atoms with Gasteiger partial charge in [0.2, 0.25) is 0 Å². The minimum absolute atomic E-state index is 0.291. The van der Waals surface area contributed by atoms with Crippen LogP contribution in [0.25, 0.3) is 0 Å². The predicted molar refractivity (Wildman–Crippen MR) is 60.3 cm³/mol. The molecule has 0 bridgehead atoms. The van der Waals surface area contributed by atoms with Gasteiger partial charge in [0, 0.05) is 6.04 Å². The van der Waals surface area contributed by atoms with Crippen molar-refractivity contribution in [2.24, 2.45) is 0 Å². The van der Waals surface area contributed by atoms with Crippen LogP contribution in [-0.4, -0.2) is 12.6 Å². The standard InChI is InChI=1S/C13H17F2N/c14-12-7-4-5-10(13(12)15)9-11-6-2-1-3-8-16-11/h4-5,7,11,16H,1-3,6,8-9H2. The summed E-state index contributed by atoms with van der Waals surface area (Å²) in [5, 5.41) is 3.39. The van der Waals surface area contributed by atoms with Crippen LogP contribution in [0.3, 0.4) is 0 Å². The van der Waals surface area contributed by atoms with Crippen molar-refractivity contribution < 1.29 is 8.78 Å². The molecule has 1 heterocycles. The van der Waals surface area contributed by atoms with Gasteiger partial charge in [0.15, 0.2) is 11.6 Å². The molecule has 0 radical (unpaired) electrons. The predicted octanol–water partition coefficient (Wildman–Crippen LogP) is 3.04. The van der Waals surface area contributed by atoms with Crippen molar-refractivity contribution in [3.05, 3.63) is 35.4 Å². The van der Waals surface area contributed by atoms with E-state index in [1.807, 2.05) is 0 Å². The molecule has 1 aromatic rings. The lowest BCUT2D eigenvalue weighted by molar-refractivity contribution is 0.468. The Labute approximate surface area is 94.9 Å². The first-order valence-electron chi connectivity index (χ1n) is 5.93. The molecule has 3 heteroatoms. The number of nitrogens with one attached hydrogen (secondary N) is 1. The molecule has 1 atom stereocenters. The summed E-state index contributed by atoms with van der Waals surface area (Å²) in [5.41, 5.74) is 0.486. The van der Waals surface area contributed by atoms with Crippen LogP contribution in [-0.2, 0) is 6.42 Å². The van der Waals surface area contributed by atoms with Gasteiger partial charge >= 0.3 is 0 Å². The van der Waals surface area contributed by atoms with E-state index in [9.17, 15) is 8.78 Å². The van der Waals surface area contributed by atoms with E-state index in [0.29, 0.717) is 18.0 Å². The lowest BCUT2D eigenvalue weighted by Crippen LogP contribution is -2.30. The summed E-state index contributed by atoms with van der Waals surface area (Å²) < 4.78 is 26.5. The molecule has 1 unspecified atom stereocenters. The summed E-state index contributed by atoms with van der Waals surface area (Å²) in [6.45, 7) is 0.988. The minimum Gasteiger partial charge on any atom is -0.314 e. The van der Waals surface area contributed by atoms with Crippen LogP contribution in [0.2, 0.25) is 0 Å². The Morgan fingerprint density at radius 2 is 2.06 bits per heavy atom. The van der Waals surface area contributed by atoms with E-state index >= 15 is 0 Å². The highest BCUT2D eigenvalue weighted by molar-refractivity contribution is 5.20. The molecule has 1 aliphatic rings. The number of halogens is 2. The van der Waals surface area contributed by atoms with Gasteiger partial charge in [-0.05, 0) is 37.4 Å². The van der Waals surface area contributed by atoms with Gasteiger partial charge in [-0.3, -0.25) is 0 Å². The van der Waals surface area contributed by atoms with Crippen molar-refractivity contribution in [1.82, 2.24) is 5.32 Å². The van der Waals surface area contributed by atoms with E-state index in [1.54, 1.807) is 12.1 Å². The van der Waals surface area contributed by atoms with Crippen molar-refractivity contribution in [3.8, 4) is 0 Å². The van der Waals surface area contributed by atoms with Crippen molar-refractivity contribution >= 4 is 0 Å². The van der Waals surface area contributed by atoms with Gasteiger partial charge < -0.3 is 5.32 Å². The fourth-order valence-electron chi connectivity index (χ4n) is 2.25. The second kappa shape index (κ2) is 5.39. The molecule has 2 rings (SSSR count). The third-order valence-electron chi connectivity index (χ3n) is 3.16. The van der Waals surface area contributed by atoms with E-state index in [-0.39, 0.29) is 0 Å². The van der Waals surface area contributed by atoms with Crippen LogP contribution in [0, 0.1) is 11.6 Å². The zero-order chi connectivity index (χ0) is 11.4. The van der Waals surface area contributed by atoms with E-state index in [1.165, 1.54) is 25.3 Å². The van der Waals surface area contributed by atoms with Crippen molar-refractivity contribution in [2.75, 3.05) is 6.54 Å². The van der Waals surface area contributed by atoms with E-state index in [2.05, 4.69) is 5.32 Å². The highest BCUT2D eigenvalue weighted by Crippen LogP contribution is 2.17. The molecule has 1 aliphatic heterocycles. The summed E-state index contributed by atoms with van der Waals surface area (Å²) in [4.78, 5) is 0. The van der Waals surface area contributed by atoms with Crippen LogP contribution in [0.4, 0.5) is 8.78 Å². The Hall–Kier alpha value is -0.960. The molecule has 88 valence electrons. The molecule has 0 saturated carbocycles. The summed E-state index contributed by atoms with van der Waals surface area (Å²) >= 11 is 0. The zero-order valence-corrected chi connectivity index (χ0v) is 9.31. The first kappa shape index (κ1) is 11.5. The van der Waals surface area contributed by atoms with Crippen LogP contribution in [0.1, 0.15) is 31.2 Å². The van der Waals surface area contributed by atoms with Gasteiger partial charge in [-0.1, -0.05) is 25.0 Å². The Kier molecular flexibility index (Phi) is 3.88. The molecule has 0 aliphatic carbocycles. The normalized spacial score (nSPS) is 21.8. The van der Waals surface area contributed by atoms with Crippen LogP contribution < -0.4 is 5.32 Å². The van der Waals surface area contributed by atoms with Crippen LogP contribution in [0.5, 0.6) is 0 Å². The van der Waals surface area contributed by atoms with Gasteiger partial charge in [0.25, 0.3) is 0 Å². The van der Waals surface area contributed by atoms with Gasteiger partial charge in [-0.15, -0.1) is 0 Å². The molecular weight excluding hydrogens is 208 g/mol. The maximum absolute atomic E-state index is 13.5. The summed E-state index contributed by atoms with van der Waals surface area (Å²) in [5.74, 6) is -1.43. The monoisotopic (exact) mass is 225 g/mol. The van der Waals surface area contributed by atoms with Gasteiger partial charge in [0.1, 0.15) is 0 Å². The van der Waals surface area contributed by atoms with Crippen molar-refractivity contribution in [3.63, 3.8) is 0 Å². The Bertz CT molecular complexity index is 344. The molecule has 16 heavy (non-hydrogen) atoms. The molecule has 1 N–H and O–H groups in total. The smallest absolute Gasteiger partial charge is 0.162 e. The fourth-order valence-corrected chi connectivity index (χ4v) is 2.25. The van der Waals surface area contributed by atoms with Crippen molar-refractivity contribution in [2.45, 2.75) is 38.1 Å². The third kappa shape index (κ3) is 2.79. The SMILES string of the molecule is Fc1cccc(CC2CCCCCN2)c1F. The first-order valence-corrected chi connectivity index (χ1v) is 5.93. The number of hydrogen-bond acceptors (Lipinski definition) is 1. The number of benzene rings is 1. The Morgan fingerprint density at radius 1 is 1.19 bits per heavy atom. The molecule has 0 spiro atoms. The van der Waals surface area contributed by atoms with Gasteiger partial charge in [-0.25, -0.2) is 8.78 Å². The average Bonchev–Trinajstić information content (AvgIpc) is 2.53. The highest BCUT2D eigenvalue weighted by atomic mass is 19.2. The van der Waals surface area contributed by atoms with Crippen LogP contribution in [0.15, 0.2) is 18.2 Å². The average molecular weight is 225 g/mol. The molecule has 0 aromatic heterocycles. The molecule has 1 aromatic carbocycles. The van der Waals surface area contributed by atoms with Gasteiger partial charge in [-0.2, -0.15) is 0 Å². The molecule has 1 fully saturated rings. The maximum Gasteiger partial charge on any atom is 0.162 e. The first-order chi connectivity index (χ1) is 7.77. The summed E-state index contributed by atoms with van der Waals surface area (Å²) in [6.07, 6.45) is 5.23. The maximum atomic E-state index is 13.5. The topological polar surface area (TPSA) is 12.0 Å². The molecular formula is C13H17F2N. The fraction of sp³-hybridized carbons (Fsp3) is 0.538. The zero-order valence-electron chi connectivity index (χ0n) is 9.31. The van der Waals surface area contributed by atoms with Crippen molar-refractivity contribution in [1.29, 1.82) is 0 Å². The van der Waals surface area contributed by atoms with E-state index in [4.69, 9.17) is 0 Å². The van der Waals surface area contributed by atoms with E-state index < -0.39 is 11.6 Å². The Balaban J connectivity index is 2.04. The van der Waals surface area contributed by atoms with E-state index in [0.717, 1.165) is 13.0 Å². The minimum atomic E-state index is -0.744. The second-order valence-electron chi connectivity index (χ2n) is 4.42. The quantitative estimate of drug-likeness (QED) is 0.815. The molecule has 1 nitrogen and oxygen atoms in total. The summed E-state index contributed by atoms with van der Waals surface area (Å²) in [7, 11) is 0. The van der Waals surface area contributed by atoms with Gasteiger partial charge in [0.05, 0.1) is 0 Å². The highest BCUT2D eigenvalue weighted by Gasteiger charge is 2.15. The lowest BCUT2D eigenvalue weighted by atomic mass is 10.0. The molecule has 1 saturated heterocycles. The number of hydrogen-bond donors (Lipinski definition) is 1. The van der Waals surface area contributed by atoms with Crippen LogP contribution >= 0.6 is 0 Å². The number of rotatable bonds is 2. The third-order valence-corrected chi connectivity index (χ3v) is 3.16. The lowest BCUT2D eigenvalue weighted by Gasteiger charge is -2.16. The summed E-state index contributed by atoms with van der Waals surface area (Å²) in [6, 6.07) is 4.70. The molecule has 0 amide bonds.